The summed E-state index contributed by atoms with van der Waals surface area (Å²) < 4.78 is 16.7. The van der Waals surface area contributed by atoms with E-state index in [2.05, 4.69) is 106 Å². The van der Waals surface area contributed by atoms with Crippen LogP contribution in [0.15, 0.2) is 97.2 Å². The van der Waals surface area contributed by atoms with Crippen LogP contribution in [0.5, 0.6) is 0 Å². The highest BCUT2D eigenvalue weighted by Crippen LogP contribution is 2.14. The molecule has 6 heteroatoms. The molecule has 0 aliphatic heterocycles. The van der Waals surface area contributed by atoms with Gasteiger partial charge in [-0.2, -0.15) is 0 Å². The molecule has 382 valence electrons. The Hall–Kier alpha value is -3.67. The van der Waals surface area contributed by atoms with Crippen LogP contribution in [0.3, 0.4) is 0 Å². The zero-order chi connectivity index (χ0) is 48.6. The van der Waals surface area contributed by atoms with Gasteiger partial charge in [0.15, 0.2) is 6.10 Å². The van der Waals surface area contributed by atoms with E-state index in [-0.39, 0.29) is 31.6 Å². The molecule has 0 aromatic heterocycles. The predicted octanol–water partition coefficient (Wildman–Crippen LogP) is 18.5. The number of ether oxygens (including phenoxy) is 3. The molecule has 0 radical (unpaired) electrons. The Kier molecular flexibility index (Phi) is 51.9. The van der Waals surface area contributed by atoms with Crippen LogP contribution < -0.4 is 0 Å². The minimum Gasteiger partial charge on any atom is -0.462 e. The largest absolute Gasteiger partial charge is 0.462 e. The normalized spacial score (nSPS) is 12.8. The van der Waals surface area contributed by atoms with Crippen molar-refractivity contribution in [2.24, 2.45) is 0 Å². The van der Waals surface area contributed by atoms with Crippen molar-refractivity contribution >= 4 is 17.9 Å². The van der Waals surface area contributed by atoms with Crippen molar-refractivity contribution in [3.63, 3.8) is 0 Å². The van der Waals surface area contributed by atoms with E-state index in [0.29, 0.717) is 12.8 Å². The molecule has 0 aliphatic rings. The molecule has 0 bridgehead atoms. The van der Waals surface area contributed by atoms with Gasteiger partial charge < -0.3 is 14.2 Å². The fourth-order valence-corrected chi connectivity index (χ4v) is 7.41. The van der Waals surface area contributed by atoms with Crippen LogP contribution in [0.4, 0.5) is 0 Å². The summed E-state index contributed by atoms with van der Waals surface area (Å²) in [7, 11) is 0. The Balaban J connectivity index is 4.39. The second-order valence-corrected chi connectivity index (χ2v) is 18.1. The van der Waals surface area contributed by atoms with Crippen molar-refractivity contribution in [1.82, 2.24) is 0 Å². The molecule has 1 atom stereocenters. The number of carbonyl (C=O) groups is 3. The fraction of sp³-hybridized carbons (Fsp3) is 0.689. The molecule has 0 spiro atoms. The first-order valence-corrected chi connectivity index (χ1v) is 27.7. The first-order chi connectivity index (χ1) is 33.0. The molecule has 0 saturated heterocycles. The van der Waals surface area contributed by atoms with Crippen LogP contribution in [-0.4, -0.2) is 37.2 Å². The molecule has 1 unspecified atom stereocenters. The van der Waals surface area contributed by atoms with Crippen molar-refractivity contribution in [1.29, 1.82) is 0 Å². The lowest BCUT2D eigenvalue weighted by molar-refractivity contribution is -0.166. The Bertz CT molecular complexity index is 1350. The monoisotopic (exact) mass is 931 g/mol. The molecular formula is C61H102O6. The van der Waals surface area contributed by atoms with Gasteiger partial charge in [0.05, 0.1) is 6.42 Å². The summed E-state index contributed by atoms with van der Waals surface area (Å²) in [6.07, 6.45) is 72.9. The number of carbonyl (C=O) groups excluding carboxylic acids is 3. The topological polar surface area (TPSA) is 78.9 Å². The lowest BCUT2D eigenvalue weighted by Gasteiger charge is -2.18. The minimum absolute atomic E-state index is 0.0933. The molecule has 0 aliphatic carbocycles. The van der Waals surface area contributed by atoms with Gasteiger partial charge >= 0.3 is 17.9 Å². The number of allylic oxidation sites excluding steroid dienone is 15. The zero-order valence-corrected chi connectivity index (χ0v) is 43.6. The second-order valence-electron chi connectivity index (χ2n) is 18.1. The summed E-state index contributed by atoms with van der Waals surface area (Å²) >= 11 is 0. The van der Waals surface area contributed by atoms with Gasteiger partial charge in [-0.15, -0.1) is 0 Å². The average Bonchev–Trinajstić information content (AvgIpc) is 3.33. The van der Waals surface area contributed by atoms with E-state index >= 15 is 0 Å². The van der Waals surface area contributed by atoms with Crippen molar-refractivity contribution in [3.8, 4) is 0 Å². The Morgan fingerprint density at radius 3 is 1.04 bits per heavy atom. The number of rotatable bonds is 49. The van der Waals surface area contributed by atoms with Gasteiger partial charge in [-0.25, -0.2) is 0 Å². The van der Waals surface area contributed by atoms with Crippen molar-refractivity contribution in [2.45, 2.75) is 258 Å². The molecule has 0 N–H and O–H groups in total. The summed E-state index contributed by atoms with van der Waals surface area (Å²) in [5.41, 5.74) is 0. The molecule has 0 rings (SSSR count). The third-order valence-electron chi connectivity index (χ3n) is 11.6. The smallest absolute Gasteiger partial charge is 0.310 e. The van der Waals surface area contributed by atoms with Gasteiger partial charge in [0.25, 0.3) is 0 Å². The van der Waals surface area contributed by atoms with Gasteiger partial charge in [0, 0.05) is 12.8 Å². The van der Waals surface area contributed by atoms with E-state index < -0.39 is 12.1 Å². The summed E-state index contributed by atoms with van der Waals surface area (Å²) in [6.45, 7) is 6.38. The van der Waals surface area contributed by atoms with Gasteiger partial charge in [-0.05, 0) is 96.3 Å². The Morgan fingerprint density at radius 1 is 0.328 bits per heavy atom. The number of hydrogen-bond donors (Lipinski definition) is 0. The van der Waals surface area contributed by atoms with Crippen LogP contribution in [0.2, 0.25) is 0 Å². The standard InChI is InChI=1S/C61H102O6/c1-4-7-10-13-16-19-22-24-26-27-28-29-30-31-32-33-35-36-39-42-45-48-51-54-60(63)66-57-58(56-65-59(62)53-50-47-44-41-38-21-18-15-12-9-6-3)67-61(64)55-52-49-46-43-40-37-34-25-23-20-17-14-11-8-5-2/h8,11,15,17-18,20,22,24-25,27-28,34,40,43,49,52,58H,4-7,9-10,12-14,16,19,21,23,26,29-33,35-39,41-42,44-48,50-51,53-57H2,1-3H3/b11-8-,18-15-,20-17-,24-22-,28-27-,34-25-,43-40-,52-49-. The number of unbranched alkanes of at least 4 members (excludes halogenated alkanes) is 23. The summed E-state index contributed by atoms with van der Waals surface area (Å²) in [5, 5.41) is 0. The predicted molar refractivity (Wildman–Crippen MR) is 288 cm³/mol. The van der Waals surface area contributed by atoms with E-state index in [1.807, 2.05) is 6.08 Å². The van der Waals surface area contributed by atoms with E-state index in [0.717, 1.165) is 89.9 Å². The first kappa shape index (κ1) is 63.3. The van der Waals surface area contributed by atoms with Crippen LogP contribution in [0, 0.1) is 0 Å². The maximum Gasteiger partial charge on any atom is 0.310 e. The van der Waals surface area contributed by atoms with Gasteiger partial charge in [0.2, 0.25) is 0 Å². The molecule has 0 fully saturated rings. The highest BCUT2D eigenvalue weighted by molar-refractivity contribution is 5.72. The van der Waals surface area contributed by atoms with Crippen molar-refractivity contribution in [2.75, 3.05) is 13.2 Å². The highest BCUT2D eigenvalue weighted by atomic mass is 16.6. The van der Waals surface area contributed by atoms with Gasteiger partial charge in [-0.1, -0.05) is 234 Å². The minimum atomic E-state index is -0.836. The summed E-state index contributed by atoms with van der Waals surface area (Å²) in [6, 6.07) is 0. The first-order valence-electron chi connectivity index (χ1n) is 27.7. The van der Waals surface area contributed by atoms with E-state index in [4.69, 9.17) is 14.2 Å². The van der Waals surface area contributed by atoms with E-state index in [1.165, 1.54) is 122 Å². The molecular weight excluding hydrogens is 829 g/mol. The van der Waals surface area contributed by atoms with Crippen LogP contribution in [0.1, 0.15) is 252 Å². The van der Waals surface area contributed by atoms with Crippen LogP contribution >= 0.6 is 0 Å². The summed E-state index contributed by atoms with van der Waals surface area (Å²) in [5.74, 6) is -1.06. The third kappa shape index (κ3) is 53.2. The molecule has 0 amide bonds. The molecule has 0 heterocycles. The summed E-state index contributed by atoms with van der Waals surface area (Å²) in [4.78, 5) is 38.0. The maximum atomic E-state index is 12.7. The average molecular weight is 931 g/mol. The molecule has 67 heavy (non-hydrogen) atoms. The SMILES string of the molecule is CC/C=C\C/C=C\C/C=C\C/C=C\C/C=C\CC(=O)OC(COC(=O)CCCCCCC/C=C\CCCC)COC(=O)CCCCCCCCCCCCC/C=C\C/C=C\CCCCCCC. The Morgan fingerprint density at radius 2 is 0.642 bits per heavy atom. The highest BCUT2D eigenvalue weighted by Gasteiger charge is 2.19. The van der Waals surface area contributed by atoms with E-state index in [9.17, 15) is 14.4 Å². The molecule has 0 aromatic carbocycles. The lowest BCUT2D eigenvalue weighted by Crippen LogP contribution is -2.30. The maximum absolute atomic E-state index is 12.7. The molecule has 6 nitrogen and oxygen atoms in total. The number of hydrogen-bond acceptors (Lipinski definition) is 6. The van der Waals surface area contributed by atoms with Crippen molar-refractivity contribution < 1.29 is 28.6 Å². The van der Waals surface area contributed by atoms with Gasteiger partial charge in [0.1, 0.15) is 13.2 Å². The molecule has 0 aromatic rings. The second kappa shape index (κ2) is 54.9. The zero-order valence-electron chi connectivity index (χ0n) is 43.6. The van der Waals surface area contributed by atoms with Crippen LogP contribution in [0.25, 0.3) is 0 Å². The third-order valence-corrected chi connectivity index (χ3v) is 11.6. The quantitative estimate of drug-likeness (QED) is 0.0262. The number of esters is 3. The Labute approximate surface area is 413 Å². The van der Waals surface area contributed by atoms with Crippen LogP contribution in [-0.2, 0) is 28.6 Å². The van der Waals surface area contributed by atoms with Crippen molar-refractivity contribution in [3.05, 3.63) is 97.2 Å². The molecule has 0 saturated carbocycles. The fourth-order valence-electron chi connectivity index (χ4n) is 7.41. The van der Waals surface area contributed by atoms with E-state index in [1.54, 1.807) is 6.08 Å². The lowest BCUT2D eigenvalue weighted by atomic mass is 10.0. The van der Waals surface area contributed by atoms with Gasteiger partial charge in [-0.3, -0.25) is 14.4 Å².